The summed E-state index contributed by atoms with van der Waals surface area (Å²) in [6.45, 7) is 0.495. The van der Waals surface area contributed by atoms with Crippen molar-refractivity contribution in [2.24, 2.45) is 5.41 Å². The van der Waals surface area contributed by atoms with Crippen LogP contribution in [0.4, 0.5) is 0 Å². The molecule has 6 nitrogen and oxygen atoms in total. The molecule has 1 saturated heterocycles. The molecule has 0 aliphatic carbocycles. The Bertz CT molecular complexity index is 471. The minimum absolute atomic E-state index is 0.0745. The Morgan fingerprint density at radius 1 is 1.47 bits per heavy atom. The van der Waals surface area contributed by atoms with E-state index in [4.69, 9.17) is 9.47 Å². The molecule has 102 valence electrons. The summed E-state index contributed by atoms with van der Waals surface area (Å²) < 4.78 is 9.72. The summed E-state index contributed by atoms with van der Waals surface area (Å²) >= 11 is 0. The largest absolute Gasteiger partial charge is 0.468 e. The fourth-order valence-electron chi connectivity index (χ4n) is 2.00. The first-order valence-corrected chi connectivity index (χ1v) is 5.92. The van der Waals surface area contributed by atoms with Crippen LogP contribution >= 0.6 is 0 Å². The van der Waals surface area contributed by atoms with Crippen LogP contribution < -0.4 is 0 Å². The molecule has 19 heavy (non-hydrogen) atoms. The van der Waals surface area contributed by atoms with Gasteiger partial charge in [-0.25, -0.2) is 0 Å². The molecule has 1 aliphatic rings. The number of carbonyl (C=O) groups excluding carboxylic acids is 2. The first-order valence-electron chi connectivity index (χ1n) is 5.92. The molecule has 1 aromatic rings. The maximum Gasteiger partial charge on any atom is 0.326 e. The van der Waals surface area contributed by atoms with Gasteiger partial charge in [0, 0.05) is 13.2 Å². The molecule has 0 unspecified atom stereocenters. The van der Waals surface area contributed by atoms with E-state index >= 15 is 0 Å². The molecular weight excluding hydrogens is 248 g/mol. The van der Waals surface area contributed by atoms with E-state index in [1.807, 2.05) is 12.1 Å². The third kappa shape index (κ3) is 2.44. The summed E-state index contributed by atoms with van der Waals surface area (Å²) in [6.07, 6.45) is 1.66. The molecule has 0 saturated carbocycles. The molecule has 1 amide bonds. The van der Waals surface area contributed by atoms with Crippen LogP contribution in [0.2, 0.25) is 0 Å². The van der Waals surface area contributed by atoms with Gasteiger partial charge in [-0.3, -0.25) is 14.6 Å². The van der Waals surface area contributed by atoms with Crippen molar-refractivity contribution in [3.63, 3.8) is 0 Å². The van der Waals surface area contributed by atoms with E-state index < -0.39 is 11.4 Å². The van der Waals surface area contributed by atoms with E-state index in [2.05, 4.69) is 4.98 Å². The number of methoxy groups -OCH3 is 1. The number of aromatic nitrogens is 1. The van der Waals surface area contributed by atoms with Crippen molar-refractivity contribution in [2.75, 3.05) is 27.4 Å². The highest BCUT2D eigenvalue weighted by Gasteiger charge is 2.55. The molecule has 2 heterocycles. The second kappa shape index (κ2) is 5.36. The zero-order chi connectivity index (χ0) is 13.9. The third-order valence-corrected chi connectivity index (χ3v) is 3.15. The van der Waals surface area contributed by atoms with Crippen LogP contribution in [0.25, 0.3) is 0 Å². The van der Waals surface area contributed by atoms with Crippen LogP contribution in [0.3, 0.4) is 0 Å². The number of amides is 1. The van der Waals surface area contributed by atoms with Gasteiger partial charge >= 0.3 is 5.97 Å². The van der Waals surface area contributed by atoms with Crippen LogP contribution in [-0.4, -0.2) is 49.1 Å². The molecule has 0 spiro atoms. The van der Waals surface area contributed by atoms with Crippen molar-refractivity contribution < 1.29 is 19.1 Å². The number of rotatable bonds is 4. The highest BCUT2D eigenvalue weighted by Crippen LogP contribution is 2.31. The molecule has 0 aromatic carbocycles. The minimum Gasteiger partial charge on any atom is -0.468 e. The van der Waals surface area contributed by atoms with Crippen molar-refractivity contribution in [1.29, 1.82) is 0 Å². The average Bonchev–Trinajstić information content (AvgIpc) is 2.38. The number of nitrogens with zero attached hydrogens (tertiary/aromatic N) is 2. The van der Waals surface area contributed by atoms with E-state index in [9.17, 15) is 9.59 Å². The van der Waals surface area contributed by atoms with Gasteiger partial charge in [-0.2, -0.15) is 0 Å². The second-order valence-corrected chi connectivity index (χ2v) is 4.55. The Balaban J connectivity index is 2.08. The van der Waals surface area contributed by atoms with Crippen LogP contribution in [0.1, 0.15) is 5.69 Å². The Kier molecular flexibility index (Phi) is 3.80. The summed E-state index contributed by atoms with van der Waals surface area (Å²) in [6, 6.07) is 5.48. The van der Waals surface area contributed by atoms with Crippen molar-refractivity contribution >= 4 is 11.9 Å². The number of esters is 1. The van der Waals surface area contributed by atoms with Gasteiger partial charge in [0.25, 0.3) is 0 Å². The van der Waals surface area contributed by atoms with Crippen molar-refractivity contribution in [1.82, 2.24) is 9.88 Å². The van der Waals surface area contributed by atoms with Crippen molar-refractivity contribution in [2.45, 2.75) is 6.54 Å². The average molecular weight is 264 g/mol. The van der Waals surface area contributed by atoms with E-state index in [0.29, 0.717) is 6.54 Å². The van der Waals surface area contributed by atoms with E-state index in [-0.39, 0.29) is 19.1 Å². The SMILES string of the molecule is COC(=O)C1(C(=O)N(C)Cc2ccccn2)COC1. The molecular formula is C13H16N2O4. The summed E-state index contributed by atoms with van der Waals surface area (Å²) in [7, 11) is 2.91. The third-order valence-electron chi connectivity index (χ3n) is 3.15. The molecule has 1 aromatic heterocycles. The fourth-order valence-corrected chi connectivity index (χ4v) is 2.00. The van der Waals surface area contributed by atoms with Crippen LogP contribution in [0.5, 0.6) is 0 Å². The van der Waals surface area contributed by atoms with Gasteiger partial charge in [0.15, 0.2) is 5.41 Å². The molecule has 0 N–H and O–H groups in total. The summed E-state index contributed by atoms with van der Waals surface area (Å²) in [5.41, 5.74) is -0.420. The molecule has 0 radical (unpaired) electrons. The molecule has 1 aliphatic heterocycles. The molecule has 6 heteroatoms. The number of ether oxygens (including phenoxy) is 2. The van der Waals surface area contributed by atoms with Gasteiger partial charge in [0.2, 0.25) is 5.91 Å². The Hall–Kier alpha value is -1.95. The number of hydrogen-bond acceptors (Lipinski definition) is 5. The monoisotopic (exact) mass is 264 g/mol. The van der Waals surface area contributed by atoms with Gasteiger partial charge < -0.3 is 14.4 Å². The van der Waals surface area contributed by atoms with Crippen molar-refractivity contribution in [3.05, 3.63) is 30.1 Å². The molecule has 2 rings (SSSR count). The molecule has 0 atom stereocenters. The lowest BCUT2D eigenvalue weighted by Gasteiger charge is -2.39. The highest BCUT2D eigenvalue weighted by atomic mass is 16.5. The minimum atomic E-state index is -1.18. The lowest BCUT2D eigenvalue weighted by Crippen LogP contribution is -2.59. The first-order chi connectivity index (χ1) is 9.10. The summed E-state index contributed by atoms with van der Waals surface area (Å²) in [5.74, 6) is -0.840. The lowest BCUT2D eigenvalue weighted by molar-refractivity contribution is -0.193. The summed E-state index contributed by atoms with van der Waals surface area (Å²) in [5, 5.41) is 0. The number of pyridine rings is 1. The van der Waals surface area contributed by atoms with Crippen LogP contribution in [-0.2, 0) is 25.6 Å². The first kappa shape index (κ1) is 13.5. The van der Waals surface area contributed by atoms with Gasteiger partial charge in [0.1, 0.15) is 0 Å². The van der Waals surface area contributed by atoms with E-state index in [1.54, 1.807) is 19.3 Å². The van der Waals surface area contributed by atoms with Crippen molar-refractivity contribution in [3.8, 4) is 0 Å². The predicted molar refractivity (Wildman–Crippen MR) is 66.0 cm³/mol. The Labute approximate surface area is 111 Å². The number of hydrogen-bond donors (Lipinski definition) is 0. The van der Waals surface area contributed by atoms with Crippen LogP contribution in [0, 0.1) is 5.41 Å². The smallest absolute Gasteiger partial charge is 0.326 e. The van der Waals surface area contributed by atoms with E-state index in [0.717, 1.165) is 5.69 Å². The highest BCUT2D eigenvalue weighted by molar-refractivity contribution is 6.03. The second-order valence-electron chi connectivity index (χ2n) is 4.55. The standard InChI is InChI=1S/C13H16N2O4/c1-15(7-10-5-3-4-6-14-10)11(16)13(8-19-9-13)12(17)18-2/h3-6H,7-9H2,1-2H3. The normalized spacial score (nSPS) is 16.3. The fraction of sp³-hybridized carbons (Fsp3) is 0.462. The maximum atomic E-state index is 12.4. The lowest BCUT2D eigenvalue weighted by atomic mass is 9.84. The van der Waals surface area contributed by atoms with Crippen LogP contribution in [0.15, 0.2) is 24.4 Å². The topological polar surface area (TPSA) is 68.7 Å². The quantitative estimate of drug-likeness (QED) is 0.575. The zero-order valence-electron chi connectivity index (χ0n) is 11.0. The number of carbonyl (C=O) groups is 2. The Morgan fingerprint density at radius 3 is 2.68 bits per heavy atom. The van der Waals surface area contributed by atoms with Gasteiger partial charge in [-0.15, -0.1) is 0 Å². The molecule has 1 fully saturated rings. The predicted octanol–water partition coefficient (Wildman–Crippen LogP) is 0.230. The molecule has 0 bridgehead atoms. The van der Waals surface area contributed by atoms with E-state index in [1.165, 1.54) is 12.0 Å². The van der Waals surface area contributed by atoms with Gasteiger partial charge in [-0.05, 0) is 12.1 Å². The Morgan fingerprint density at radius 2 is 2.21 bits per heavy atom. The van der Waals surface area contributed by atoms with Gasteiger partial charge in [0.05, 0.1) is 32.6 Å². The van der Waals surface area contributed by atoms with Gasteiger partial charge in [-0.1, -0.05) is 6.07 Å². The maximum absolute atomic E-state index is 12.4. The summed E-state index contributed by atoms with van der Waals surface area (Å²) in [4.78, 5) is 29.7. The zero-order valence-corrected chi connectivity index (χ0v) is 11.0.